The van der Waals surface area contributed by atoms with Crippen LogP contribution in [0.5, 0.6) is 0 Å². The van der Waals surface area contributed by atoms with E-state index in [0.717, 1.165) is 19.4 Å². The van der Waals surface area contributed by atoms with E-state index in [-0.39, 0.29) is 0 Å². The fourth-order valence-corrected chi connectivity index (χ4v) is 2.32. The lowest BCUT2D eigenvalue weighted by Crippen LogP contribution is -2.28. The highest BCUT2D eigenvalue weighted by molar-refractivity contribution is 7.88. The molecule has 4 nitrogen and oxygen atoms in total. The lowest BCUT2D eigenvalue weighted by Gasteiger charge is -2.17. The lowest BCUT2D eigenvalue weighted by atomic mass is 10.0. The zero-order chi connectivity index (χ0) is 13.4. The monoisotopic (exact) mass is 270 g/mol. The normalized spacial score (nSPS) is 13.4. The summed E-state index contributed by atoms with van der Waals surface area (Å²) in [7, 11) is -3.06. The van der Waals surface area contributed by atoms with Crippen LogP contribution in [0, 0.1) is 0 Å². The van der Waals surface area contributed by atoms with Crippen molar-refractivity contribution >= 4 is 10.0 Å². The van der Waals surface area contributed by atoms with Crippen molar-refractivity contribution in [2.45, 2.75) is 25.8 Å². The number of nitrogens with one attached hydrogen (secondary N) is 2. The van der Waals surface area contributed by atoms with Gasteiger partial charge in [-0.3, -0.25) is 0 Å². The molecule has 0 spiro atoms. The van der Waals surface area contributed by atoms with Crippen LogP contribution in [0.3, 0.4) is 0 Å². The molecule has 18 heavy (non-hydrogen) atoms. The fourth-order valence-electron chi connectivity index (χ4n) is 1.81. The Bertz CT molecular complexity index is 432. The number of sulfonamides is 1. The molecule has 102 valence electrons. The molecule has 0 radical (unpaired) electrons. The number of hydrogen-bond donors (Lipinski definition) is 2. The van der Waals surface area contributed by atoms with Gasteiger partial charge in [-0.2, -0.15) is 0 Å². The molecule has 0 fully saturated rings. The van der Waals surface area contributed by atoms with Crippen LogP contribution in [0.4, 0.5) is 0 Å². The van der Waals surface area contributed by atoms with Gasteiger partial charge in [-0.1, -0.05) is 37.3 Å². The van der Waals surface area contributed by atoms with Crippen LogP contribution in [-0.4, -0.2) is 27.8 Å². The molecule has 1 atom stereocenters. The van der Waals surface area contributed by atoms with E-state index in [2.05, 4.69) is 29.1 Å². The van der Waals surface area contributed by atoms with Gasteiger partial charge >= 0.3 is 0 Å². The molecule has 0 bridgehead atoms. The van der Waals surface area contributed by atoms with Crippen LogP contribution in [-0.2, 0) is 10.0 Å². The van der Waals surface area contributed by atoms with E-state index >= 15 is 0 Å². The molecule has 0 aromatic heterocycles. The van der Waals surface area contributed by atoms with E-state index < -0.39 is 10.0 Å². The second-order valence-electron chi connectivity index (χ2n) is 4.35. The average Bonchev–Trinajstić information content (AvgIpc) is 2.33. The summed E-state index contributed by atoms with van der Waals surface area (Å²) in [5.41, 5.74) is 1.27. The Kier molecular flexibility index (Phi) is 6.32. The minimum Gasteiger partial charge on any atom is -0.310 e. The van der Waals surface area contributed by atoms with Crippen molar-refractivity contribution in [2.24, 2.45) is 0 Å². The Labute approximate surface area is 110 Å². The summed E-state index contributed by atoms with van der Waals surface area (Å²) in [6.07, 6.45) is 2.99. The van der Waals surface area contributed by atoms with E-state index in [1.165, 1.54) is 11.8 Å². The zero-order valence-corrected chi connectivity index (χ0v) is 11.8. The van der Waals surface area contributed by atoms with Gasteiger partial charge in [0.15, 0.2) is 0 Å². The molecule has 0 aliphatic carbocycles. The third kappa shape index (κ3) is 6.14. The van der Waals surface area contributed by atoms with Gasteiger partial charge in [0.05, 0.1) is 6.26 Å². The van der Waals surface area contributed by atoms with E-state index in [9.17, 15) is 8.42 Å². The second-order valence-corrected chi connectivity index (χ2v) is 6.18. The zero-order valence-electron chi connectivity index (χ0n) is 11.0. The molecule has 0 aliphatic rings. The summed E-state index contributed by atoms with van der Waals surface area (Å²) in [5.74, 6) is 0. The van der Waals surface area contributed by atoms with Crippen molar-refractivity contribution in [2.75, 3.05) is 19.3 Å². The number of hydrogen-bond acceptors (Lipinski definition) is 3. The first-order chi connectivity index (χ1) is 8.53. The maximum Gasteiger partial charge on any atom is 0.208 e. The van der Waals surface area contributed by atoms with Crippen molar-refractivity contribution in [1.82, 2.24) is 10.0 Å². The standard InChI is InChI=1S/C13H22N2O2S/c1-3-13(12-8-5-4-6-9-12)14-10-7-11-15-18(2,16)17/h4-6,8-9,13-15H,3,7,10-11H2,1-2H3. The SMILES string of the molecule is CCC(NCCCNS(C)(=O)=O)c1ccccc1. The Morgan fingerprint density at radius 3 is 2.39 bits per heavy atom. The number of rotatable bonds is 8. The molecular formula is C13H22N2O2S. The summed E-state index contributed by atoms with van der Waals surface area (Å²) in [5, 5.41) is 3.44. The molecule has 1 aromatic rings. The summed E-state index contributed by atoms with van der Waals surface area (Å²) in [6, 6.07) is 10.6. The van der Waals surface area contributed by atoms with E-state index in [1.807, 2.05) is 18.2 Å². The van der Waals surface area contributed by atoms with Gasteiger partial charge in [0.25, 0.3) is 0 Å². The molecule has 5 heteroatoms. The molecular weight excluding hydrogens is 248 g/mol. The topological polar surface area (TPSA) is 58.2 Å². The predicted octanol–water partition coefficient (Wildman–Crippen LogP) is 1.67. The number of benzene rings is 1. The Balaban J connectivity index is 2.29. The minimum atomic E-state index is -3.06. The van der Waals surface area contributed by atoms with Crippen LogP contribution in [0.25, 0.3) is 0 Å². The molecule has 0 aliphatic heterocycles. The first-order valence-electron chi connectivity index (χ1n) is 6.26. The van der Waals surface area contributed by atoms with Gasteiger partial charge in [0.1, 0.15) is 0 Å². The summed E-state index contributed by atoms with van der Waals surface area (Å²) in [6.45, 7) is 3.42. The molecule has 0 saturated heterocycles. The Morgan fingerprint density at radius 2 is 1.83 bits per heavy atom. The van der Waals surface area contributed by atoms with Gasteiger partial charge in [-0.25, -0.2) is 13.1 Å². The van der Waals surface area contributed by atoms with Crippen molar-refractivity contribution in [3.8, 4) is 0 Å². The lowest BCUT2D eigenvalue weighted by molar-refractivity contribution is 0.507. The Morgan fingerprint density at radius 1 is 1.17 bits per heavy atom. The van der Waals surface area contributed by atoms with Gasteiger partial charge < -0.3 is 5.32 Å². The first kappa shape index (κ1) is 15.1. The highest BCUT2D eigenvalue weighted by Gasteiger charge is 2.07. The third-order valence-electron chi connectivity index (χ3n) is 2.72. The first-order valence-corrected chi connectivity index (χ1v) is 8.15. The third-order valence-corrected chi connectivity index (χ3v) is 3.45. The van der Waals surface area contributed by atoms with Gasteiger partial charge in [-0.15, -0.1) is 0 Å². The predicted molar refractivity (Wildman–Crippen MR) is 74.9 cm³/mol. The van der Waals surface area contributed by atoms with Gasteiger partial charge in [0.2, 0.25) is 10.0 Å². The molecule has 2 N–H and O–H groups in total. The summed E-state index contributed by atoms with van der Waals surface area (Å²) < 4.78 is 24.2. The quantitative estimate of drug-likeness (QED) is 0.706. The largest absolute Gasteiger partial charge is 0.310 e. The van der Waals surface area contributed by atoms with E-state index in [4.69, 9.17) is 0 Å². The maximum absolute atomic E-state index is 10.9. The van der Waals surface area contributed by atoms with Crippen LogP contribution in [0.15, 0.2) is 30.3 Å². The van der Waals surface area contributed by atoms with Crippen molar-refractivity contribution < 1.29 is 8.42 Å². The molecule has 1 aromatic carbocycles. The molecule has 0 heterocycles. The van der Waals surface area contributed by atoms with Crippen molar-refractivity contribution in [3.05, 3.63) is 35.9 Å². The molecule has 0 amide bonds. The fraction of sp³-hybridized carbons (Fsp3) is 0.538. The average molecular weight is 270 g/mol. The minimum absolute atomic E-state index is 0.337. The van der Waals surface area contributed by atoms with Crippen LogP contribution >= 0.6 is 0 Å². The van der Waals surface area contributed by atoms with Gasteiger partial charge in [0, 0.05) is 12.6 Å². The molecule has 0 saturated carbocycles. The van der Waals surface area contributed by atoms with Gasteiger partial charge in [-0.05, 0) is 24.9 Å². The molecule has 1 rings (SSSR count). The van der Waals surface area contributed by atoms with Crippen LogP contribution in [0.2, 0.25) is 0 Å². The molecule has 1 unspecified atom stereocenters. The van der Waals surface area contributed by atoms with Crippen LogP contribution < -0.4 is 10.0 Å². The summed E-state index contributed by atoms with van der Waals surface area (Å²) in [4.78, 5) is 0. The summed E-state index contributed by atoms with van der Waals surface area (Å²) >= 11 is 0. The smallest absolute Gasteiger partial charge is 0.208 e. The van der Waals surface area contributed by atoms with E-state index in [1.54, 1.807) is 0 Å². The van der Waals surface area contributed by atoms with Crippen LogP contribution in [0.1, 0.15) is 31.4 Å². The van der Waals surface area contributed by atoms with Crippen molar-refractivity contribution in [1.29, 1.82) is 0 Å². The highest BCUT2D eigenvalue weighted by atomic mass is 32.2. The maximum atomic E-state index is 10.9. The van der Waals surface area contributed by atoms with Crippen molar-refractivity contribution in [3.63, 3.8) is 0 Å². The second kappa shape index (κ2) is 7.51. The van der Waals surface area contributed by atoms with E-state index in [0.29, 0.717) is 12.6 Å². The highest BCUT2D eigenvalue weighted by Crippen LogP contribution is 2.15. The Hall–Kier alpha value is -0.910.